The van der Waals surface area contributed by atoms with E-state index in [0.717, 1.165) is 43.8 Å². The molecule has 0 aromatic heterocycles. The molecule has 2 aliphatic heterocycles. The van der Waals surface area contributed by atoms with Gasteiger partial charge in [-0.15, -0.1) is 0 Å². The van der Waals surface area contributed by atoms with Gasteiger partial charge in [-0.1, -0.05) is 18.2 Å². The van der Waals surface area contributed by atoms with Gasteiger partial charge >= 0.3 is 0 Å². The van der Waals surface area contributed by atoms with Crippen molar-refractivity contribution in [1.29, 1.82) is 0 Å². The van der Waals surface area contributed by atoms with E-state index in [-0.39, 0.29) is 11.8 Å². The van der Waals surface area contributed by atoms with Crippen LogP contribution in [0.15, 0.2) is 24.3 Å². The number of fused-ring (bicyclic) bond motifs is 1. The summed E-state index contributed by atoms with van der Waals surface area (Å²) < 4.78 is 5.65. The summed E-state index contributed by atoms with van der Waals surface area (Å²) in [5, 5.41) is 3.21. The van der Waals surface area contributed by atoms with Gasteiger partial charge in [0.25, 0.3) is 0 Å². The molecule has 108 valence electrons. The lowest BCUT2D eigenvalue weighted by Gasteiger charge is -2.28. The first kappa shape index (κ1) is 13.4. The lowest BCUT2D eigenvalue weighted by molar-refractivity contribution is -0.132. The Balaban J connectivity index is 1.73. The fourth-order valence-electron chi connectivity index (χ4n) is 3.31. The summed E-state index contributed by atoms with van der Waals surface area (Å²) in [6.07, 6.45) is 1.90. The molecular formula is C16H22N2O2. The highest BCUT2D eigenvalue weighted by Crippen LogP contribution is 2.35. The van der Waals surface area contributed by atoms with Crippen molar-refractivity contribution in [2.45, 2.75) is 18.8 Å². The molecule has 20 heavy (non-hydrogen) atoms. The maximum Gasteiger partial charge on any atom is 0.230 e. The largest absolute Gasteiger partial charge is 0.493 e. The Labute approximate surface area is 120 Å². The zero-order chi connectivity index (χ0) is 13.9. The topological polar surface area (TPSA) is 41.6 Å². The summed E-state index contributed by atoms with van der Waals surface area (Å²) in [7, 11) is 1.97. The smallest absolute Gasteiger partial charge is 0.230 e. The molecule has 1 amide bonds. The highest BCUT2D eigenvalue weighted by atomic mass is 16.5. The van der Waals surface area contributed by atoms with Gasteiger partial charge in [0.1, 0.15) is 5.75 Å². The number of likely N-dealkylation sites (tertiary alicyclic amines) is 1. The predicted molar refractivity (Wildman–Crippen MR) is 77.9 cm³/mol. The SMILES string of the molecule is CNC[C@@H]1CCN(C(=O)[C@H]2CCOc3ccccc32)C1. The molecule has 1 aromatic carbocycles. The minimum Gasteiger partial charge on any atom is -0.493 e. The van der Waals surface area contributed by atoms with Gasteiger partial charge < -0.3 is 15.0 Å². The zero-order valence-electron chi connectivity index (χ0n) is 12.0. The van der Waals surface area contributed by atoms with Crippen LogP contribution in [0.25, 0.3) is 0 Å². The molecule has 1 aromatic rings. The van der Waals surface area contributed by atoms with Gasteiger partial charge in [-0.2, -0.15) is 0 Å². The highest BCUT2D eigenvalue weighted by Gasteiger charge is 2.34. The Kier molecular flexibility index (Phi) is 3.92. The molecule has 1 N–H and O–H groups in total. The number of nitrogens with zero attached hydrogens (tertiary/aromatic N) is 1. The van der Waals surface area contributed by atoms with Crippen LogP contribution < -0.4 is 10.1 Å². The van der Waals surface area contributed by atoms with E-state index >= 15 is 0 Å². The van der Waals surface area contributed by atoms with E-state index in [2.05, 4.69) is 5.32 Å². The monoisotopic (exact) mass is 274 g/mol. The van der Waals surface area contributed by atoms with Gasteiger partial charge in [-0.05, 0) is 38.4 Å². The van der Waals surface area contributed by atoms with Crippen LogP contribution >= 0.6 is 0 Å². The van der Waals surface area contributed by atoms with Crippen molar-refractivity contribution in [3.63, 3.8) is 0 Å². The highest BCUT2D eigenvalue weighted by molar-refractivity contribution is 5.85. The lowest BCUT2D eigenvalue weighted by atomic mass is 9.92. The lowest BCUT2D eigenvalue weighted by Crippen LogP contribution is -2.36. The molecule has 2 atom stereocenters. The van der Waals surface area contributed by atoms with Gasteiger partial charge in [-0.3, -0.25) is 4.79 Å². The Morgan fingerprint density at radius 1 is 1.40 bits per heavy atom. The molecule has 0 radical (unpaired) electrons. The van der Waals surface area contributed by atoms with Gasteiger partial charge in [0.2, 0.25) is 5.91 Å². The molecule has 0 unspecified atom stereocenters. The first-order valence-corrected chi connectivity index (χ1v) is 7.44. The molecule has 0 spiro atoms. The molecule has 0 bridgehead atoms. The van der Waals surface area contributed by atoms with E-state index in [0.29, 0.717) is 12.5 Å². The number of rotatable bonds is 3. The third kappa shape index (κ3) is 2.52. The van der Waals surface area contributed by atoms with E-state index < -0.39 is 0 Å². The van der Waals surface area contributed by atoms with Crippen molar-refractivity contribution in [3.05, 3.63) is 29.8 Å². The molecule has 1 fully saturated rings. The van der Waals surface area contributed by atoms with E-state index in [4.69, 9.17) is 4.74 Å². The number of nitrogens with one attached hydrogen (secondary N) is 1. The van der Waals surface area contributed by atoms with Crippen molar-refractivity contribution < 1.29 is 9.53 Å². The predicted octanol–water partition coefficient (Wildman–Crippen LogP) is 1.62. The van der Waals surface area contributed by atoms with Gasteiger partial charge in [0.05, 0.1) is 12.5 Å². The Bertz CT molecular complexity index is 489. The average Bonchev–Trinajstić information content (AvgIpc) is 2.95. The van der Waals surface area contributed by atoms with Crippen LogP contribution in [0, 0.1) is 5.92 Å². The Morgan fingerprint density at radius 3 is 3.10 bits per heavy atom. The van der Waals surface area contributed by atoms with Gasteiger partial charge in [0.15, 0.2) is 0 Å². The maximum atomic E-state index is 12.8. The van der Waals surface area contributed by atoms with E-state index in [9.17, 15) is 4.79 Å². The van der Waals surface area contributed by atoms with Crippen molar-refractivity contribution >= 4 is 5.91 Å². The van der Waals surface area contributed by atoms with Crippen molar-refractivity contribution in [1.82, 2.24) is 10.2 Å². The molecule has 0 saturated carbocycles. The number of ether oxygens (including phenoxy) is 1. The third-order valence-corrected chi connectivity index (χ3v) is 4.35. The first-order chi connectivity index (χ1) is 9.79. The minimum absolute atomic E-state index is 0.0201. The second kappa shape index (κ2) is 5.83. The number of para-hydroxylation sites is 1. The molecule has 4 nitrogen and oxygen atoms in total. The molecule has 2 heterocycles. The summed E-state index contributed by atoms with van der Waals surface area (Å²) in [6.45, 7) is 3.42. The Hall–Kier alpha value is -1.55. The Morgan fingerprint density at radius 2 is 2.25 bits per heavy atom. The fraction of sp³-hybridized carbons (Fsp3) is 0.562. The van der Waals surface area contributed by atoms with Crippen LogP contribution in [0.5, 0.6) is 5.75 Å². The van der Waals surface area contributed by atoms with Crippen LogP contribution in [-0.4, -0.2) is 44.1 Å². The zero-order valence-corrected chi connectivity index (χ0v) is 12.0. The van der Waals surface area contributed by atoms with Gasteiger partial charge in [0, 0.05) is 18.7 Å². The summed E-state index contributed by atoms with van der Waals surface area (Å²) >= 11 is 0. The minimum atomic E-state index is -0.0201. The van der Waals surface area contributed by atoms with E-state index in [1.54, 1.807) is 0 Å². The number of hydrogen-bond acceptors (Lipinski definition) is 3. The normalized spacial score (nSPS) is 25.1. The number of amides is 1. The summed E-state index contributed by atoms with van der Waals surface area (Å²) in [6, 6.07) is 7.94. The number of hydrogen-bond donors (Lipinski definition) is 1. The summed E-state index contributed by atoms with van der Waals surface area (Å²) in [4.78, 5) is 14.8. The van der Waals surface area contributed by atoms with Crippen LogP contribution in [0.3, 0.4) is 0 Å². The second-order valence-corrected chi connectivity index (χ2v) is 5.72. The average molecular weight is 274 g/mol. The molecule has 4 heteroatoms. The number of benzene rings is 1. The van der Waals surface area contributed by atoms with E-state index in [1.165, 1.54) is 0 Å². The van der Waals surface area contributed by atoms with Crippen molar-refractivity contribution in [2.75, 3.05) is 33.3 Å². The van der Waals surface area contributed by atoms with Crippen LogP contribution in [0.2, 0.25) is 0 Å². The third-order valence-electron chi connectivity index (χ3n) is 4.35. The molecule has 0 aliphatic carbocycles. The van der Waals surface area contributed by atoms with Gasteiger partial charge in [-0.25, -0.2) is 0 Å². The van der Waals surface area contributed by atoms with Crippen molar-refractivity contribution in [2.24, 2.45) is 5.92 Å². The summed E-state index contributed by atoms with van der Waals surface area (Å²) in [5.74, 6) is 1.73. The van der Waals surface area contributed by atoms with Crippen LogP contribution in [-0.2, 0) is 4.79 Å². The quantitative estimate of drug-likeness (QED) is 0.910. The molecule has 2 aliphatic rings. The molecule has 1 saturated heterocycles. The fourth-order valence-corrected chi connectivity index (χ4v) is 3.31. The van der Waals surface area contributed by atoms with Crippen LogP contribution in [0.1, 0.15) is 24.3 Å². The number of carbonyl (C=O) groups excluding carboxylic acids is 1. The van der Waals surface area contributed by atoms with Crippen molar-refractivity contribution in [3.8, 4) is 5.75 Å². The van der Waals surface area contributed by atoms with E-state index in [1.807, 2.05) is 36.2 Å². The molecular weight excluding hydrogens is 252 g/mol. The summed E-state index contributed by atoms with van der Waals surface area (Å²) in [5.41, 5.74) is 1.06. The number of carbonyl (C=O) groups is 1. The molecule has 3 rings (SSSR count). The van der Waals surface area contributed by atoms with Crippen LogP contribution in [0.4, 0.5) is 0 Å². The first-order valence-electron chi connectivity index (χ1n) is 7.44. The second-order valence-electron chi connectivity index (χ2n) is 5.72. The standard InChI is InChI=1S/C16H22N2O2/c1-17-10-12-6-8-18(11-12)16(19)14-7-9-20-15-5-3-2-4-13(14)15/h2-5,12,14,17H,6-11H2,1H3/t12-,14-/m0/s1. The maximum absolute atomic E-state index is 12.8.